The van der Waals surface area contributed by atoms with E-state index < -0.39 is 0 Å². The number of nitrogens with one attached hydrogen (secondary N) is 1. The van der Waals surface area contributed by atoms with Gasteiger partial charge in [0.1, 0.15) is 0 Å². The van der Waals surface area contributed by atoms with Gasteiger partial charge < -0.3 is 5.32 Å². The molecule has 1 heteroatoms. The molecule has 0 atom stereocenters. The van der Waals surface area contributed by atoms with Crippen LogP contribution in [0.5, 0.6) is 0 Å². The smallest absolute Gasteiger partial charge is 0.00105 e. The van der Waals surface area contributed by atoms with Crippen LogP contribution in [0.4, 0.5) is 0 Å². The van der Waals surface area contributed by atoms with E-state index in [1.165, 1.54) is 83.7 Å². The maximum atomic E-state index is 3.74. The highest BCUT2D eigenvalue weighted by Crippen LogP contribution is 2.47. The summed E-state index contributed by atoms with van der Waals surface area (Å²) in [7, 11) is 0. The topological polar surface area (TPSA) is 12.0 Å². The second-order valence-corrected chi connectivity index (χ2v) is 6.43. The van der Waals surface area contributed by atoms with Crippen LogP contribution in [0.3, 0.4) is 0 Å². The molecular weight excluding hydrogens is 206 g/mol. The van der Waals surface area contributed by atoms with Crippen molar-refractivity contribution in [3.63, 3.8) is 0 Å². The summed E-state index contributed by atoms with van der Waals surface area (Å²) < 4.78 is 0. The van der Waals surface area contributed by atoms with Crippen molar-refractivity contribution in [1.29, 1.82) is 0 Å². The molecule has 2 saturated carbocycles. The lowest BCUT2D eigenvalue weighted by molar-refractivity contribution is 0.0667. The van der Waals surface area contributed by atoms with E-state index in [4.69, 9.17) is 0 Å². The van der Waals surface area contributed by atoms with Crippen LogP contribution in [0.2, 0.25) is 0 Å². The van der Waals surface area contributed by atoms with Crippen LogP contribution in [0.1, 0.15) is 77.6 Å². The van der Waals surface area contributed by atoms with E-state index in [9.17, 15) is 0 Å². The zero-order valence-corrected chi connectivity index (χ0v) is 11.8. The molecule has 2 aliphatic rings. The molecular formula is C16H31N. The van der Waals surface area contributed by atoms with Crippen molar-refractivity contribution >= 4 is 0 Å². The molecule has 0 bridgehead atoms. The van der Waals surface area contributed by atoms with Crippen molar-refractivity contribution in [1.82, 2.24) is 5.32 Å². The van der Waals surface area contributed by atoms with E-state index in [0.717, 1.165) is 5.92 Å². The lowest BCUT2D eigenvalue weighted by Gasteiger charge is -2.46. The van der Waals surface area contributed by atoms with Crippen LogP contribution in [0, 0.1) is 11.3 Å². The van der Waals surface area contributed by atoms with Crippen molar-refractivity contribution in [3.05, 3.63) is 0 Å². The maximum absolute atomic E-state index is 3.74. The van der Waals surface area contributed by atoms with Crippen molar-refractivity contribution in [2.75, 3.05) is 13.1 Å². The summed E-state index contributed by atoms with van der Waals surface area (Å²) in [6.45, 7) is 4.81. The van der Waals surface area contributed by atoms with E-state index in [-0.39, 0.29) is 0 Å². The molecule has 17 heavy (non-hydrogen) atoms. The van der Waals surface area contributed by atoms with Gasteiger partial charge in [-0.05, 0) is 50.0 Å². The first kappa shape index (κ1) is 13.4. The Kier molecular flexibility index (Phi) is 5.34. The van der Waals surface area contributed by atoms with E-state index in [2.05, 4.69) is 12.2 Å². The largest absolute Gasteiger partial charge is 0.316 e. The van der Waals surface area contributed by atoms with Crippen LogP contribution in [-0.2, 0) is 0 Å². The summed E-state index contributed by atoms with van der Waals surface area (Å²) in [4.78, 5) is 0. The van der Waals surface area contributed by atoms with Crippen LogP contribution in [-0.4, -0.2) is 13.1 Å². The first-order chi connectivity index (χ1) is 8.37. The fourth-order valence-corrected chi connectivity index (χ4v) is 4.21. The van der Waals surface area contributed by atoms with Crippen LogP contribution < -0.4 is 5.32 Å². The Morgan fingerprint density at radius 3 is 2.24 bits per heavy atom. The molecule has 2 rings (SSSR count). The van der Waals surface area contributed by atoms with Gasteiger partial charge in [-0.2, -0.15) is 0 Å². The van der Waals surface area contributed by atoms with Crippen molar-refractivity contribution < 1.29 is 0 Å². The average Bonchev–Trinajstić information content (AvgIpc) is 2.41. The summed E-state index contributed by atoms with van der Waals surface area (Å²) in [5.41, 5.74) is 0.688. The number of hydrogen-bond donors (Lipinski definition) is 1. The summed E-state index contributed by atoms with van der Waals surface area (Å²) in [5.74, 6) is 1.04. The maximum Gasteiger partial charge on any atom is 0.00105 e. The van der Waals surface area contributed by atoms with Crippen LogP contribution >= 0.6 is 0 Å². The molecule has 2 aliphatic carbocycles. The van der Waals surface area contributed by atoms with Gasteiger partial charge in [-0.3, -0.25) is 0 Å². The second-order valence-electron chi connectivity index (χ2n) is 6.43. The van der Waals surface area contributed by atoms with Crippen LogP contribution in [0.25, 0.3) is 0 Å². The first-order valence-corrected chi connectivity index (χ1v) is 8.08. The highest BCUT2D eigenvalue weighted by Gasteiger charge is 2.39. The first-order valence-electron chi connectivity index (χ1n) is 8.08. The molecule has 0 amide bonds. The zero-order valence-electron chi connectivity index (χ0n) is 11.8. The zero-order chi connectivity index (χ0) is 12.0. The van der Waals surface area contributed by atoms with Gasteiger partial charge in [-0.15, -0.1) is 0 Å². The number of rotatable bonds is 5. The summed E-state index contributed by atoms with van der Waals surface area (Å²) in [6.07, 6.45) is 16.3. The van der Waals surface area contributed by atoms with E-state index in [1.54, 1.807) is 0 Å². The third kappa shape index (κ3) is 3.47. The Bertz CT molecular complexity index is 200. The Balaban J connectivity index is 1.94. The minimum Gasteiger partial charge on any atom is -0.316 e. The minimum absolute atomic E-state index is 0.688. The fourth-order valence-electron chi connectivity index (χ4n) is 4.21. The van der Waals surface area contributed by atoms with Gasteiger partial charge in [-0.25, -0.2) is 0 Å². The standard InChI is InChI=1S/C16H31N/c1-2-13-17-14-16(11-7-4-8-12-16)15-9-5-3-6-10-15/h15,17H,2-14H2,1H3. The number of hydrogen-bond acceptors (Lipinski definition) is 1. The van der Waals surface area contributed by atoms with Gasteiger partial charge in [0.2, 0.25) is 0 Å². The summed E-state index contributed by atoms with van der Waals surface area (Å²) in [6, 6.07) is 0. The molecule has 0 aromatic carbocycles. The molecule has 1 nitrogen and oxygen atoms in total. The Hall–Kier alpha value is -0.0400. The van der Waals surface area contributed by atoms with Gasteiger partial charge in [0.15, 0.2) is 0 Å². The minimum atomic E-state index is 0.688. The Labute approximate surface area is 108 Å². The Morgan fingerprint density at radius 1 is 0.941 bits per heavy atom. The molecule has 0 aromatic heterocycles. The molecule has 0 radical (unpaired) electrons. The molecule has 0 aromatic rings. The molecule has 2 fully saturated rings. The summed E-state index contributed by atoms with van der Waals surface area (Å²) in [5, 5.41) is 3.74. The van der Waals surface area contributed by atoms with Gasteiger partial charge >= 0.3 is 0 Å². The SMILES string of the molecule is CCCNCC1(C2CCCCC2)CCCCC1. The lowest BCUT2D eigenvalue weighted by atomic mass is 9.61. The highest BCUT2D eigenvalue weighted by molar-refractivity contribution is 4.91. The predicted octanol–water partition coefficient (Wildman–Crippen LogP) is 4.52. The molecule has 0 unspecified atom stereocenters. The summed E-state index contributed by atoms with van der Waals surface area (Å²) >= 11 is 0. The molecule has 0 heterocycles. The van der Waals surface area contributed by atoms with E-state index in [1.807, 2.05) is 0 Å². The van der Waals surface area contributed by atoms with Crippen LogP contribution in [0.15, 0.2) is 0 Å². The highest BCUT2D eigenvalue weighted by atomic mass is 14.9. The van der Waals surface area contributed by atoms with Gasteiger partial charge in [-0.1, -0.05) is 45.4 Å². The normalized spacial score (nSPS) is 25.9. The van der Waals surface area contributed by atoms with Crippen molar-refractivity contribution in [2.45, 2.75) is 77.6 Å². The second kappa shape index (κ2) is 6.78. The quantitative estimate of drug-likeness (QED) is 0.693. The van der Waals surface area contributed by atoms with Gasteiger partial charge in [0.05, 0.1) is 0 Å². The predicted molar refractivity (Wildman–Crippen MR) is 75.3 cm³/mol. The average molecular weight is 237 g/mol. The molecule has 0 saturated heterocycles. The lowest BCUT2D eigenvalue weighted by Crippen LogP contribution is -2.43. The molecule has 1 N–H and O–H groups in total. The van der Waals surface area contributed by atoms with Crippen molar-refractivity contribution in [3.8, 4) is 0 Å². The monoisotopic (exact) mass is 237 g/mol. The Morgan fingerprint density at radius 2 is 1.59 bits per heavy atom. The van der Waals surface area contributed by atoms with Gasteiger partial charge in [0.25, 0.3) is 0 Å². The fraction of sp³-hybridized carbons (Fsp3) is 1.00. The van der Waals surface area contributed by atoms with Gasteiger partial charge in [0, 0.05) is 6.54 Å². The van der Waals surface area contributed by atoms with E-state index >= 15 is 0 Å². The van der Waals surface area contributed by atoms with E-state index in [0.29, 0.717) is 5.41 Å². The molecule has 0 spiro atoms. The van der Waals surface area contributed by atoms with Crippen molar-refractivity contribution in [2.24, 2.45) is 11.3 Å². The molecule has 100 valence electrons. The third-order valence-corrected chi connectivity index (χ3v) is 5.22. The third-order valence-electron chi connectivity index (χ3n) is 5.22. The molecule has 0 aliphatic heterocycles.